The molecule has 0 radical (unpaired) electrons. The molecule has 0 aliphatic heterocycles. The van der Waals surface area contributed by atoms with Gasteiger partial charge >= 0.3 is 0 Å². The molecule has 0 saturated heterocycles. The van der Waals surface area contributed by atoms with Crippen LogP contribution in [0.2, 0.25) is 0 Å². The van der Waals surface area contributed by atoms with Crippen LogP contribution in [-0.2, 0) is 96.3 Å². The summed E-state index contributed by atoms with van der Waals surface area (Å²) in [7, 11) is 0. The van der Waals surface area contributed by atoms with Crippen LogP contribution in [0.1, 0.15) is 200 Å². The van der Waals surface area contributed by atoms with E-state index in [4.69, 9.17) is 0 Å². The van der Waals surface area contributed by atoms with E-state index in [-0.39, 0.29) is 86.2 Å². The SMILES string of the molecule is Cc1ccccc1C.Cc1ccccc1C.Cc1ccccc1C.Oc1c2cccc1Cc1cccc(c1O)Cc1cccc(c1O)Cc1cccc(c1O)Cc1cccc(c1O)C2.Oc1c2cccc1Cc1cccc(c1O)Cc1cccc(c1O)Cc1cccc(c1O)Cc1cccc(c1O)C2.Oc1c2cccc1Cc1cccc(c1O)Cc1cccc(c1O)Cc1cccc(c1O)Cc1cccc(c1O)C2. The highest BCUT2D eigenvalue weighted by Crippen LogP contribution is 2.45. The molecule has 0 heterocycles. The summed E-state index contributed by atoms with van der Waals surface area (Å²) in [6.07, 6.45) is 4.87. The summed E-state index contributed by atoms with van der Waals surface area (Å²) in [5.74, 6) is 1.91. The highest BCUT2D eigenvalue weighted by Gasteiger charge is 2.26. The number of rotatable bonds is 0. The number of hydrogen-bond donors (Lipinski definition) is 15. The first-order valence-electron chi connectivity index (χ1n) is 48.6. The zero-order valence-corrected chi connectivity index (χ0v) is 81.7. The minimum Gasteiger partial charge on any atom is -0.507 e. The largest absolute Gasteiger partial charge is 0.507 e. The Bertz CT molecular complexity index is 5740. The number of phenolic OH excluding ortho intramolecular Hbond substituents is 15. The van der Waals surface area contributed by atoms with Gasteiger partial charge in [-0.15, -0.1) is 0 Å². The number of aryl methyl sites for hydroxylation is 6. The molecule has 15 N–H and O–H groups in total. The van der Waals surface area contributed by atoms with Gasteiger partial charge in [-0.05, 0) is 242 Å². The molecule has 18 aromatic rings. The summed E-state index contributed by atoms with van der Waals surface area (Å²) < 4.78 is 0. The molecular formula is C129H120O15. The summed E-state index contributed by atoms with van der Waals surface area (Å²) in [6.45, 7) is 12.7. The Labute approximate surface area is 841 Å². The van der Waals surface area contributed by atoms with E-state index in [1.165, 1.54) is 33.4 Å². The smallest absolute Gasteiger partial charge is 0.122 e. The summed E-state index contributed by atoms with van der Waals surface area (Å²) in [5, 5.41) is 168. The molecule has 30 bridgehead atoms. The molecule has 144 heavy (non-hydrogen) atoms. The van der Waals surface area contributed by atoms with Gasteiger partial charge in [0.05, 0.1) is 0 Å². The van der Waals surface area contributed by atoms with Crippen molar-refractivity contribution in [1.82, 2.24) is 0 Å². The van der Waals surface area contributed by atoms with Crippen molar-refractivity contribution < 1.29 is 76.6 Å². The third kappa shape index (κ3) is 23.5. The lowest BCUT2D eigenvalue weighted by atomic mass is 9.91. The van der Waals surface area contributed by atoms with Crippen molar-refractivity contribution in [2.75, 3.05) is 0 Å². The number of hydrogen-bond acceptors (Lipinski definition) is 15. The average Bonchev–Trinajstić information content (AvgIpc) is 0.798. The Balaban J connectivity index is 0.000000138. The lowest BCUT2D eigenvalue weighted by molar-refractivity contribution is 0.449. The van der Waals surface area contributed by atoms with Crippen LogP contribution in [0.25, 0.3) is 0 Å². The molecule has 0 atom stereocenters. The third-order valence-electron chi connectivity index (χ3n) is 28.0. The van der Waals surface area contributed by atoms with Gasteiger partial charge in [0.1, 0.15) is 86.2 Å². The van der Waals surface area contributed by atoms with Gasteiger partial charge in [0.25, 0.3) is 0 Å². The van der Waals surface area contributed by atoms with Crippen LogP contribution in [0.5, 0.6) is 86.2 Å². The highest BCUT2D eigenvalue weighted by molar-refractivity contribution is 5.62. The van der Waals surface area contributed by atoms with Crippen molar-refractivity contribution in [3.8, 4) is 86.2 Å². The second-order valence-electron chi connectivity index (χ2n) is 37.8. The van der Waals surface area contributed by atoms with Crippen LogP contribution in [0.4, 0.5) is 0 Å². The van der Waals surface area contributed by atoms with Crippen molar-refractivity contribution in [1.29, 1.82) is 0 Å². The quantitative estimate of drug-likeness (QED) is 0.0671. The number of para-hydroxylation sites is 15. The van der Waals surface area contributed by atoms with E-state index < -0.39 is 0 Å². The van der Waals surface area contributed by atoms with Gasteiger partial charge in [-0.3, -0.25) is 0 Å². The average molecular weight is 1910 g/mol. The predicted octanol–water partition coefficient (Wildman–Crippen LogP) is 26.4. The molecule has 0 amide bonds. The molecule has 15 heteroatoms. The first kappa shape index (κ1) is 100.0. The van der Waals surface area contributed by atoms with Crippen molar-refractivity contribution in [2.24, 2.45) is 0 Å². The van der Waals surface area contributed by atoms with Crippen molar-refractivity contribution in [2.45, 2.75) is 138 Å². The fourth-order valence-electron chi connectivity index (χ4n) is 19.0. The van der Waals surface area contributed by atoms with Gasteiger partial charge in [0.15, 0.2) is 0 Å². The molecule has 3 aliphatic rings. The van der Waals surface area contributed by atoms with Gasteiger partial charge < -0.3 is 76.6 Å². The van der Waals surface area contributed by atoms with E-state index >= 15 is 0 Å². The maximum absolute atomic E-state index is 11.2. The molecule has 0 aromatic heterocycles. The predicted molar refractivity (Wildman–Crippen MR) is 571 cm³/mol. The van der Waals surface area contributed by atoms with E-state index in [1.54, 1.807) is 0 Å². The lowest BCUT2D eigenvalue weighted by Crippen LogP contribution is -2.00. The third-order valence-corrected chi connectivity index (χ3v) is 28.0. The van der Waals surface area contributed by atoms with E-state index in [2.05, 4.69) is 114 Å². The van der Waals surface area contributed by atoms with E-state index in [0.717, 1.165) is 0 Å². The van der Waals surface area contributed by atoms with Crippen LogP contribution in [0, 0.1) is 41.5 Å². The molecule has 3 aliphatic carbocycles. The molecular weight excluding hydrogens is 1790 g/mol. The Morgan fingerprint density at radius 2 is 0.146 bits per heavy atom. The van der Waals surface area contributed by atoms with Crippen LogP contribution in [-0.4, -0.2) is 76.6 Å². The van der Waals surface area contributed by atoms with Gasteiger partial charge in [-0.25, -0.2) is 0 Å². The molecule has 0 unspecified atom stereocenters. The van der Waals surface area contributed by atoms with Gasteiger partial charge in [0.2, 0.25) is 0 Å². The number of fused-ring (bicyclic) bond motifs is 30. The number of phenols is 15. The first-order valence-corrected chi connectivity index (χ1v) is 48.6. The summed E-state index contributed by atoms with van der Waals surface area (Å²) in [4.78, 5) is 0. The Morgan fingerprint density at radius 1 is 0.0903 bits per heavy atom. The molecule has 0 saturated carbocycles. The lowest BCUT2D eigenvalue weighted by Gasteiger charge is -2.16. The van der Waals surface area contributed by atoms with Crippen LogP contribution >= 0.6 is 0 Å². The molecule has 726 valence electrons. The molecule has 21 rings (SSSR count). The zero-order valence-electron chi connectivity index (χ0n) is 81.7. The van der Waals surface area contributed by atoms with Crippen molar-refractivity contribution in [3.05, 3.63) is 546 Å². The topological polar surface area (TPSA) is 303 Å². The van der Waals surface area contributed by atoms with Crippen LogP contribution < -0.4 is 0 Å². The van der Waals surface area contributed by atoms with E-state index in [1.807, 2.05) is 273 Å². The zero-order chi connectivity index (χ0) is 101. The molecule has 15 nitrogen and oxygen atoms in total. The fraction of sp³-hybridized carbons (Fsp3) is 0.163. The standard InChI is InChI=1S/3C35H30O5.3C8H10/c3*36-31-21-6-1-7-22(31)17-24-9-3-11-26(33(24)38)19-28-13-5-15-30(35(28)40)20-29-14-4-12-27(34(29)39)18-25-10-2-8-23(16-21)32(25)37;3*1-7-5-3-4-6-8(7)2/h3*1-15,36-40H,16-20H2;3*3-6H,1-2H3. The van der Waals surface area contributed by atoms with Gasteiger partial charge in [-0.1, -0.05) is 346 Å². The number of benzene rings is 18. The Kier molecular flexibility index (Phi) is 31.6. The summed E-state index contributed by atoms with van der Waals surface area (Å²) in [5.41, 5.74) is 28.3. The number of aromatic hydroxyl groups is 15. The summed E-state index contributed by atoms with van der Waals surface area (Å²) in [6, 6.07) is 108. The minimum atomic E-state index is 0.127. The van der Waals surface area contributed by atoms with Gasteiger partial charge in [-0.2, -0.15) is 0 Å². The maximum Gasteiger partial charge on any atom is 0.122 e. The molecule has 0 fully saturated rings. The summed E-state index contributed by atoms with van der Waals surface area (Å²) >= 11 is 0. The molecule has 18 aromatic carbocycles. The van der Waals surface area contributed by atoms with Gasteiger partial charge in [0, 0.05) is 96.3 Å². The fourth-order valence-corrected chi connectivity index (χ4v) is 19.0. The second-order valence-corrected chi connectivity index (χ2v) is 37.8. The highest BCUT2D eigenvalue weighted by atomic mass is 16.3. The first-order chi connectivity index (χ1) is 69.6. The Hall–Kier alpha value is -17.0. The maximum atomic E-state index is 11.2. The second kappa shape index (κ2) is 45.5. The van der Waals surface area contributed by atoms with E-state index in [9.17, 15) is 76.6 Å². The minimum absolute atomic E-state index is 0.127. The van der Waals surface area contributed by atoms with E-state index in [0.29, 0.717) is 263 Å². The Morgan fingerprint density at radius 3 is 0.194 bits per heavy atom. The van der Waals surface area contributed by atoms with Crippen LogP contribution in [0.15, 0.2) is 346 Å². The molecule has 0 spiro atoms. The van der Waals surface area contributed by atoms with Crippen molar-refractivity contribution in [3.63, 3.8) is 0 Å². The monoisotopic (exact) mass is 1910 g/mol. The van der Waals surface area contributed by atoms with Crippen LogP contribution in [0.3, 0.4) is 0 Å². The van der Waals surface area contributed by atoms with Crippen molar-refractivity contribution >= 4 is 0 Å². The normalized spacial score (nSPS) is 12.4.